The van der Waals surface area contributed by atoms with Gasteiger partial charge in [0.2, 0.25) is 12.7 Å². The highest BCUT2D eigenvalue weighted by Gasteiger charge is 2.43. The summed E-state index contributed by atoms with van der Waals surface area (Å²) in [6.07, 6.45) is -3.30. The highest BCUT2D eigenvalue weighted by Crippen LogP contribution is 2.31. The summed E-state index contributed by atoms with van der Waals surface area (Å²) in [7, 11) is 1.93. The second-order valence-corrected chi connectivity index (χ2v) is 10.6. The number of nitrogens with two attached hydrogens (primary N) is 1. The third kappa shape index (κ3) is 10.5. The lowest BCUT2D eigenvalue weighted by molar-refractivity contribution is -0.268. The Kier molecular flexibility index (Phi) is 15.2. The number of rotatable bonds is 9. The van der Waals surface area contributed by atoms with E-state index in [-0.39, 0.29) is 17.7 Å². The van der Waals surface area contributed by atoms with Gasteiger partial charge in [0.15, 0.2) is 0 Å². The lowest BCUT2D eigenvalue weighted by Crippen LogP contribution is -2.58. The van der Waals surface area contributed by atoms with E-state index < -0.39 is 36.7 Å². The van der Waals surface area contributed by atoms with E-state index in [1.807, 2.05) is 14.0 Å². The van der Waals surface area contributed by atoms with Crippen molar-refractivity contribution >= 4 is 24.2 Å². The number of likely N-dealkylation sites (tertiary alicyclic amines) is 1. The molecule has 6 atom stereocenters. The maximum atomic E-state index is 12.0. The quantitative estimate of drug-likeness (QED) is 0.111. The van der Waals surface area contributed by atoms with Crippen LogP contribution >= 0.6 is 0 Å². The molecule has 244 valence electrons. The van der Waals surface area contributed by atoms with E-state index >= 15 is 0 Å². The van der Waals surface area contributed by atoms with Gasteiger partial charge in [-0.15, -0.1) is 0 Å². The number of amidine groups is 1. The molecule has 6 unspecified atom stereocenters. The fourth-order valence-electron chi connectivity index (χ4n) is 4.37. The van der Waals surface area contributed by atoms with Gasteiger partial charge >= 0.3 is 0 Å². The molecule has 13 heteroatoms. The van der Waals surface area contributed by atoms with Crippen LogP contribution in [0.5, 0.6) is 5.75 Å². The predicted octanol–water partition coefficient (Wildman–Crippen LogP) is 0.663. The Morgan fingerprint density at radius 2 is 1.75 bits per heavy atom. The summed E-state index contributed by atoms with van der Waals surface area (Å²) in [6.45, 7) is 7.98. The first-order valence-corrected chi connectivity index (χ1v) is 14.6. The van der Waals surface area contributed by atoms with Crippen molar-refractivity contribution < 1.29 is 39.5 Å². The van der Waals surface area contributed by atoms with Gasteiger partial charge in [-0.2, -0.15) is 0 Å². The summed E-state index contributed by atoms with van der Waals surface area (Å²) in [5.41, 5.74) is 8.05. The molecule has 44 heavy (non-hydrogen) atoms. The van der Waals surface area contributed by atoms with Crippen LogP contribution in [0.15, 0.2) is 42.5 Å². The Balaban J connectivity index is 0.000000431. The lowest BCUT2D eigenvalue weighted by atomic mass is 10.00. The number of aldehydes is 1. The Bertz CT molecular complexity index is 1190. The standard InChI is InChI=1S/C22H27N3O6.C6H11NO2.C3H9N/c1-11-7-8-13(21(23)24)9-15(11)25-16(10-26)14-5-3-4-6-17(14)31-22-20(29)19(28)18(27)12(2)30-22;8-5-7-3-1-6(9)2-4-7;1-3-4-2/h3-10,12,16,18-20,22,25,27-29H,1-2H3,(H3,23,24);5-6,9H,1-4H2;4H,3H2,1-2H3. The average Bonchev–Trinajstić information content (AvgIpc) is 3.03. The summed E-state index contributed by atoms with van der Waals surface area (Å²) in [4.78, 5) is 23.8. The lowest BCUT2D eigenvalue weighted by Gasteiger charge is -2.39. The van der Waals surface area contributed by atoms with Gasteiger partial charge in [-0.1, -0.05) is 37.3 Å². The van der Waals surface area contributed by atoms with Crippen LogP contribution in [0.4, 0.5) is 5.69 Å². The van der Waals surface area contributed by atoms with Crippen LogP contribution in [0.3, 0.4) is 0 Å². The number of carbonyl (C=O) groups is 2. The molecule has 0 radical (unpaired) electrons. The van der Waals surface area contributed by atoms with Crippen molar-refractivity contribution in [2.24, 2.45) is 5.73 Å². The number of nitrogen functional groups attached to an aromatic ring is 1. The number of nitrogens with zero attached hydrogens (tertiary/aromatic N) is 1. The summed E-state index contributed by atoms with van der Waals surface area (Å²) >= 11 is 0. The van der Waals surface area contributed by atoms with Gasteiger partial charge in [-0.05, 0) is 58.0 Å². The monoisotopic (exact) mass is 617 g/mol. The number of aliphatic hydroxyl groups is 4. The second-order valence-electron chi connectivity index (χ2n) is 10.6. The summed E-state index contributed by atoms with van der Waals surface area (Å²) in [6, 6.07) is 11.1. The van der Waals surface area contributed by atoms with E-state index in [2.05, 4.69) is 17.6 Å². The molecule has 2 saturated heterocycles. The molecule has 0 spiro atoms. The molecule has 2 aliphatic rings. The number of hydrogen-bond acceptors (Lipinski definition) is 11. The molecule has 1 amide bonds. The molecule has 2 heterocycles. The van der Waals surface area contributed by atoms with Gasteiger partial charge in [0.1, 0.15) is 42.2 Å². The van der Waals surface area contributed by atoms with Crippen LogP contribution < -0.4 is 21.1 Å². The first-order valence-electron chi connectivity index (χ1n) is 14.6. The van der Waals surface area contributed by atoms with Crippen LogP contribution in [0.1, 0.15) is 49.4 Å². The number of para-hydroxylation sites is 1. The smallest absolute Gasteiger partial charge is 0.229 e. The number of aryl methyl sites for hydroxylation is 1. The van der Waals surface area contributed by atoms with Crippen molar-refractivity contribution in [2.45, 2.75) is 76.5 Å². The summed E-state index contributed by atoms with van der Waals surface area (Å²) in [5, 5.41) is 52.8. The number of aliphatic hydroxyl groups excluding tert-OH is 4. The Morgan fingerprint density at radius 1 is 1.11 bits per heavy atom. The number of hydrogen-bond donors (Lipinski definition) is 8. The van der Waals surface area contributed by atoms with Crippen LogP contribution in [0, 0.1) is 12.3 Å². The zero-order chi connectivity index (χ0) is 32.8. The van der Waals surface area contributed by atoms with Gasteiger partial charge in [0.25, 0.3) is 0 Å². The van der Waals surface area contributed by atoms with E-state index in [4.69, 9.17) is 25.7 Å². The van der Waals surface area contributed by atoms with E-state index in [0.29, 0.717) is 36.2 Å². The Labute approximate surface area is 258 Å². The molecule has 2 aromatic carbocycles. The van der Waals surface area contributed by atoms with Crippen LogP contribution in [-0.4, -0.2) is 107 Å². The van der Waals surface area contributed by atoms with Gasteiger partial charge in [-0.3, -0.25) is 10.2 Å². The molecule has 0 saturated carbocycles. The predicted molar refractivity (Wildman–Crippen MR) is 167 cm³/mol. The van der Waals surface area contributed by atoms with Gasteiger partial charge in [0.05, 0.1) is 12.2 Å². The number of ether oxygens (including phenoxy) is 2. The van der Waals surface area contributed by atoms with E-state index in [1.165, 1.54) is 0 Å². The highest BCUT2D eigenvalue weighted by atomic mass is 16.7. The zero-order valence-corrected chi connectivity index (χ0v) is 25.7. The molecular weight excluding hydrogens is 570 g/mol. The minimum atomic E-state index is -1.48. The number of benzene rings is 2. The van der Waals surface area contributed by atoms with Crippen molar-refractivity contribution in [2.75, 3.05) is 32.0 Å². The van der Waals surface area contributed by atoms with Crippen molar-refractivity contribution in [1.82, 2.24) is 10.2 Å². The molecule has 2 fully saturated rings. The third-order valence-corrected chi connectivity index (χ3v) is 7.30. The molecule has 13 nitrogen and oxygen atoms in total. The van der Waals surface area contributed by atoms with Crippen molar-refractivity contribution in [3.63, 3.8) is 0 Å². The summed E-state index contributed by atoms with van der Waals surface area (Å²) in [5.74, 6) is 0.181. The molecule has 0 aliphatic carbocycles. The molecule has 4 rings (SSSR count). The molecule has 2 aromatic rings. The minimum absolute atomic E-state index is 0.0901. The molecule has 0 bridgehead atoms. The number of anilines is 1. The van der Waals surface area contributed by atoms with E-state index in [0.717, 1.165) is 31.4 Å². The van der Waals surface area contributed by atoms with Gasteiger partial charge < -0.3 is 56.0 Å². The first-order chi connectivity index (χ1) is 21.0. The van der Waals surface area contributed by atoms with Crippen LogP contribution in [0.2, 0.25) is 0 Å². The van der Waals surface area contributed by atoms with E-state index in [1.54, 1.807) is 54.3 Å². The average molecular weight is 618 g/mol. The van der Waals surface area contributed by atoms with E-state index in [9.17, 15) is 24.9 Å². The van der Waals surface area contributed by atoms with Crippen molar-refractivity contribution in [3.8, 4) is 5.75 Å². The second kappa shape index (κ2) is 18.3. The Morgan fingerprint density at radius 3 is 2.32 bits per heavy atom. The number of carbonyl (C=O) groups excluding carboxylic acids is 2. The third-order valence-electron chi connectivity index (χ3n) is 7.30. The normalized spacial score (nSPS) is 24.0. The number of amides is 1. The Hall–Kier alpha value is -3.59. The SMILES string of the molecule is CCNC.Cc1ccc(C(=N)N)cc1NC(C=O)c1ccccc1OC1OC(C)C(O)C(O)C1O.O=CN1CCC(O)CC1. The summed E-state index contributed by atoms with van der Waals surface area (Å²) < 4.78 is 11.3. The van der Waals surface area contributed by atoms with Crippen LogP contribution in [-0.2, 0) is 14.3 Å². The zero-order valence-electron chi connectivity index (χ0n) is 25.7. The minimum Gasteiger partial charge on any atom is -0.462 e. The largest absolute Gasteiger partial charge is 0.462 e. The highest BCUT2D eigenvalue weighted by molar-refractivity contribution is 5.96. The molecular formula is C31H47N5O8. The fourth-order valence-corrected chi connectivity index (χ4v) is 4.37. The van der Waals surface area contributed by atoms with Crippen molar-refractivity contribution in [3.05, 3.63) is 59.2 Å². The molecule has 9 N–H and O–H groups in total. The number of nitrogens with one attached hydrogen (secondary N) is 3. The maximum Gasteiger partial charge on any atom is 0.229 e. The van der Waals surface area contributed by atoms with Crippen molar-refractivity contribution in [1.29, 1.82) is 5.41 Å². The van der Waals surface area contributed by atoms with Gasteiger partial charge in [0, 0.05) is 29.9 Å². The maximum absolute atomic E-state index is 12.0. The molecule has 2 aliphatic heterocycles. The molecule has 0 aromatic heterocycles. The first kappa shape index (κ1) is 36.6. The van der Waals surface area contributed by atoms with Gasteiger partial charge in [-0.25, -0.2) is 0 Å². The topological polar surface area (TPSA) is 211 Å². The fraction of sp³-hybridized carbons (Fsp3) is 0.516. The van der Waals surface area contributed by atoms with Crippen LogP contribution in [0.25, 0.3) is 0 Å². The number of piperidine rings is 1.